The third-order valence-electron chi connectivity index (χ3n) is 6.80. The summed E-state index contributed by atoms with van der Waals surface area (Å²) in [6.07, 6.45) is 3.95. The van der Waals surface area contributed by atoms with Crippen LogP contribution < -0.4 is 20.3 Å². The summed E-state index contributed by atoms with van der Waals surface area (Å²) in [7, 11) is 0. The number of amides is 1. The maximum Gasteiger partial charge on any atom is 0.268 e. The maximum absolute atomic E-state index is 13.5. The summed E-state index contributed by atoms with van der Waals surface area (Å²) >= 11 is 12.8. The predicted octanol–water partition coefficient (Wildman–Crippen LogP) is 5.44. The van der Waals surface area contributed by atoms with Crippen molar-refractivity contribution in [2.45, 2.75) is 44.4 Å². The van der Waals surface area contributed by atoms with Crippen LogP contribution in [0.25, 0.3) is 0 Å². The Balaban J connectivity index is 1.31. The molecule has 1 amide bonds. The first-order valence-electron chi connectivity index (χ1n) is 11.2. The molecule has 1 aliphatic carbocycles. The zero-order chi connectivity index (χ0) is 23.7. The van der Waals surface area contributed by atoms with E-state index in [1.165, 1.54) is 35.1 Å². The Hall–Kier alpha value is -2.87. The molecule has 1 saturated carbocycles. The minimum atomic E-state index is -1.07. The largest absolute Gasteiger partial charge is 0.450 e. The number of para-hydroxylation sites is 1. The van der Waals surface area contributed by atoms with E-state index in [0.717, 1.165) is 18.8 Å². The van der Waals surface area contributed by atoms with E-state index in [1.54, 1.807) is 32.0 Å². The van der Waals surface area contributed by atoms with Crippen molar-refractivity contribution in [1.82, 2.24) is 15.3 Å². The van der Waals surface area contributed by atoms with Crippen molar-refractivity contribution >= 4 is 46.4 Å². The van der Waals surface area contributed by atoms with Gasteiger partial charge in [0.15, 0.2) is 5.72 Å². The van der Waals surface area contributed by atoms with Gasteiger partial charge in [-0.2, -0.15) is 4.98 Å². The van der Waals surface area contributed by atoms with Crippen LogP contribution in [-0.4, -0.2) is 28.1 Å². The Kier molecular flexibility index (Phi) is 4.82. The second kappa shape index (κ2) is 7.57. The van der Waals surface area contributed by atoms with Crippen LogP contribution >= 0.6 is 23.2 Å². The zero-order valence-corrected chi connectivity index (χ0v) is 20.3. The van der Waals surface area contributed by atoms with Crippen LogP contribution in [0.2, 0.25) is 10.0 Å². The lowest BCUT2D eigenvalue weighted by atomic mass is 9.88. The molecule has 0 atom stereocenters. The normalized spacial score (nSPS) is 19.3. The highest BCUT2D eigenvalue weighted by atomic mass is 35.5. The van der Waals surface area contributed by atoms with Gasteiger partial charge in [0.2, 0.25) is 11.8 Å². The number of hydrogen-bond donors (Lipinski definition) is 2. The molecule has 9 heteroatoms. The number of ether oxygens (including phenoxy) is 1. The van der Waals surface area contributed by atoms with Gasteiger partial charge in [-0.15, -0.1) is 0 Å². The van der Waals surface area contributed by atoms with E-state index in [2.05, 4.69) is 38.8 Å². The molecule has 34 heavy (non-hydrogen) atoms. The fourth-order valence-corrected chi connectivity index (χ4v) is 5.53. The first-order valence-corrected chi connectivity index (χ1v) is 12.0. The third-order valence-corrected chi connectivity index (χ3v) is 7.41. The Bertz CT molecular complexity index is 1320. The fraction of sp³-hybridized carbons (Fsp3) is 0.320. The van der Waals surface area contributed by atoms with Crippen molar-refractivity contribution in [2.24, 2.45) is 0 Å². The van der Waals surface area contributed by atoms with Gasteiger partial charge in [-0.05, 0) is 62.1 Å². The number of halogens is 2. The van der Waals surface area contributed by atoms with Crippen molar-refractivity contribution in [1.29, 1.82) is 0 Å². The van der Waals surface area contributed by atoms with Crippen molar-refractivity contribution in [3.8, 4) is 5.88 Å². The van der Waals surface area contributed by atoms with E-state index in [4.69, 9.17) is 27.9 Å². The van der Waals surface area contributed by atoms with Crippen LogP contribution in [0.3, 0.4) is 0 Å². The Labute approximate surface area is 207 Å². The van der Waals surface area contributed by atoms with E-state index >= 15 is 0 Å². The van der Waals surface area contributed by atoms with Crippen LogP contribution in [0.4, 0.5) is 17.3 Å². The molecule has 3 heterocycles. The molecule has 0 bridgehead atoms. The molecule has 3 aliphatic rings. The smallest absolute Gasteiger partial charge is 0.268 e. The monoisotopic (exact) mass is 495 g/mol. The summed E-state index contributed by atoms with van der Waals surface area (Å²) in [6.45, 7) is 5.45. The molecule has 0 unspecified atom stereocenters. The summed E-state index contributed by atoms with van der Waals surface area (Å²) < 4.78 is 6.16. The molecular formula is C25H23Cl2N5O2. The highest BCUT2D eigenvalue weighted by Gasteiger charge is 2.47. The average molecular weight is 496 g/mol. The van der Waals surface area contributed by atoms with E-state index in [0.29, 0.717) is 27.1 Å². The molecule has 2 aliphatic heterocycles. The summed E-state index contributed by atoms with van der Waals surface area (Å²) in [5.41, 5.74) is 3.52. The predicted molar refractivity (Wildman–Crippen MR) is 132 cm³/mol. The van der Waals surface area contributed by atoms with Gasteiger partial charge in [0.05, 0.1) is 15.7 Å². The first kappa shape index (κ1) is 21.6. The zero-order valence-electron chi connectivity index (χ0n) is 18.8. The molecule has 2 N–H and O–H groups in total. The number of aromatic nitrogens is 2. The lowest BCUT2D eigenvalue weighted by Gasteiger charge is -2.42. The fourth-order valence-electron chi connectivity index (χ4n) is 4.96. The maximum atomic E-state index is 13.5. The molecule has 7 nitrogen and oxygen atoms in total. The molecule has 1 spiro atoms. The van der Waals surface area contributed by atoms with Crippen molar-refractivity contribution < 1.29 is 9.53 Å². The van der Waals surface area contributed by atoms with Gasteiger partial charge >= 0.3 is 0 Å². The van der Waals surface area contributed by atoms with E-state index < -0.39 is 5.72 Å². The molecule has 0 saturated heterocycles. The summed E-state index contributed by atoms with van der Waals surface area (Å²) in [5.74, 6) is 0.238. The van der Waals surface area contributed by atoms with Gasteiger partial charge < -0.3 is 15.4 Å². The second-order valence-electron chi connectivity index (χ2n) is 9.55. The van der Waals surface area contributed by atoms with Gasteiger partial charge in [0, 0.05) is 30.4 Å². The van der Waals surface area contributed by atoms with Gasteiger partial charge in [-0.3, -0.25) is 9.69 Å². The number of carbonyl (C=O) groups excluding carboxylic acids is 1. The lowest BCUT2D eigenvalue weighted by molar-refractivity contribution is 0.0606. The average Bonchev–Trinajstić information content (AvgIpc) is 3.55. The van der Waals surface area contributed by atoms with Crippen LogP contribution in [0.15, 0.2) is 42.6 Å². The molecular weight excluding hydrogens is 473 g/mol. The number of anilines is 3. The number of nitrogens with zero attached hydrogens (tertiary/aromatic N) is 3. The minimum absolute atomic E-state index is 0.212. The summed E-state index contributed by atoms with van der Waals surface area (Å²) in [5, 5.41) is 7.50. The van der Waals surface area contributed by atoms with Gasteiger partial charge in [0.25, 0.3) is 5.91 Å². The Morgan fingerprint density at radius 3 is 2.65 bits per heavy atom. The van der Waals surface area contributed by atoms with Crippen molar-refractivity contribution in [3.05, 3.63) is 69.3 Å². The van der Waals surface area contributed by atoms with Crippen molar-refractivity contribution in [3.63, 3.8) is 0 Å². The summed E-state index contributed by atoms with van der Waals surface area (Å²) in [6, 6.07) is 11.5. The van der Waals surface area contributed by atoms with Crippen LogP contribution in [0.1, 0.15) is 48.2 Å². The quantitative estimate of drug-likeness (QED) is 0.503. The number of carbonyl (C=O) groups is 1. The van der Waals surface area contributed by atoms with Gasteiger partial charge in [-0.1, -0.05) is 35.3 Å². The Morgan fingerprint density at radius 2 is 1.91 bits per heavy atom. The molecule has 2 aromatic carbocycles. The number of rotatable bonds is 3. The molecule has 174 valence electrons. The molecule has 1 aromatic heterocycles. The number of benzene rings is 2. The Morgan fingerprint density at radius 1 is 1.15 bits per heavy atom. The topological polar surface area (TPSA) is 79.4 Å². The van der Waals surface area contributed by atoms with Crippen LogP contribution in [0.5, 0.6) is 5.88 Å². The number of fused-ring (bicyclic) bond motifs is 3. The summed E-state index contributed by atoms with van der Waals surface area (Å²) in [4.78, 5) is 23.8. The third kappa shape index (κ3) is 3.42. The molecule has 6 rings (SSSR count). The highest BCUT2D eigenvalue weighted by molar-refractivity contribution is 6.40. The van der Waals surface area contributed by atoms with Crippen LogP contribution in [0, 0.1) is 0 Å². The lowest BCUT2D eigenvalue weighted by Crippen LogP contribution is -2.55. The first-order chi connectivity index (χ1) is 16.3. The second-order valence-corrected chi connectivity index (χ2v) is 10.4. The highest BCUT2D eigenvalue weighted by Crippen LogP contribution is 2.51. The van der Waals surface area contributed by atoms with Gasteiger partial charge in [0.1, 0.15) is 5.56 Å². The molecule has 1 fully saturated rings. The number of hydrogen-bond acceptors (Lipinski definition) is 6. The minimum Gasteiger partial charge on any atom is -0.450 e. The van der Waals surface area contributed by atoms with E-state index in [1.807, 2.05) is 0 Å². The number of nitrogens with one attached hydrogen (secondary N) is 2. The standard InChI is InChI=1S/C25H23Cl2N5O2/c1-24(2)32(20-18(26)4-3-5-19(20)27)22(33)16-12-29-23(31-21(16)34-24)30-15-6-7-17-14(10-15)11-28-13-25(17)8-9-25/h3-7,10,12,28H,8-9,11,13H2,1-2H3,(H,29,30,31). The van der Waals surface area contributed by atoms with Crippen LogP contribution in [-0.2, 0) is 12.0 Å². The van der Waals surface area contributed by atoms with E-state index in [9.17, 15) is 4.79 Å². The van der Waals surface area contributed by atoms with Gasteiger partial charge in [-0.25, -0.2) is 4.98 Å². The van der Waals surface area contributed by atoms with E-state index in [-0.39, 0.29) is 17.4 Å². The van der Waals surface area contributed by atoms with Crippen molar-refractivity contribution in [2.75, 3.05) is 16.8 Å². The SMILES string of the molecule is CC1(C)Oc2nc(Nc3ccc4c(c3)CNCC43CC3)ncc2C(=O)N1c1c(Cl)cccc1Cl. The molecule has 0 radical (unpaired) electrons. The molecule has 3 aromatic rings.